The second-order valence-electron chi connectivity index (χ2n) is 6.22. The van der Waals surface area contributed by atoms with Gasteiger partial charge in [0.2, 0.25) is 5.95 Å². The summed E-state index contributed by atoms with van der Waals surface area (Å²) in [6.07, 6.45) is 1.84. The molecule has 0 saturated carbocycles. The van der Waals surface area contributed by atoms with Crippen molar-refractivity contribution in [2.45, 2.75) is 13.0 Å². The van der Waals surface area contributed by atoms with Crippen LogP contribution in [0.3, 0.4) is 0 Å². The van der Waals surface area contributed by atoms with E-state index < -0.39 is 0 Å². The Hall–Kier alpha value is -2.14. The third kappa shape index (κ3) is 3.62. The standard InChI is InChI=1S/C18H25N5/c1-15(16-7-5-4-6-8-16)22-11-13-23(14-12-22)18-19-10-9-17(20-18)21(2)3/h4-10,15H,11-14H2,1-3H3. The smallest absolute Gasteiger partial charge is 0.227 e. The number of piperazine rings is 1. The highest BCUT2D eigenvalue weighted by atomic mass is 15.3. The van der Waals surface area contributed by atoms with Crippen molar-refractivity contribution in [1.82, 2.24) is 14.9 Å². The first-order valence-corrected chi connectivity index (χ1v) is 8.19. The van der Waals surface area contributed by atoms with Gasteiger partial charge in [0, 0.05) is 52.5 Å². The molecule has 5 heteroatoms. The van der Waals surface area contributed by atoms with Gasteiger partial charge in [-0.1, -0.05) is 30.3 Å². The summed E-state index contributed by atoms with van der Waals surface area (Å²) in [7, 11) is 4.01. The van der Waals surface area contributed by atoms with Crippen molar-refractivity contribution >= 4 is 11.8 Å². The monoisotopic (exact) mass is 311 g/mol. The highest BCUT2D eigenvalue weighted by molar-refractivity contribution is 5.42. The first kappa shape index (κ1) is 15.7. The molecule has 1 saturated heterocycles. The number of hydrogen-bond donors (Lipinski definition) is 0. The number of rotatable bonds is 4. The van der Waals surface area contributed by atoms with Crippen molar-refractivity contribution in [3.63, 3.8) is 0 Å². The Morgan fingerprint density at radius 2 is 1.70 bits per heavy atom. The van der Waals surface area contributed by atoms with Crippen molar-refractivity contribution < 1.29 is 0 Å². The fourth-order valence-electron chi connectivity index (χ4n) is 2.99. The highest BCUT2D eigenvalue weighted by Crippen LogP contribution is 2.22. The van der Waals surface area contributed by atoms with Gasteiger partial charge in [-0.15, -0.1) is 0 Å². The SMILES string of the molecule is CC(c1ccccc1)N1CCN(c2nccc(N(C)C)n2)CC1. The Balaban J connectivity index is 1.63. The van der Waals surface area contributed by atoms with Gasteiger partial charge in [0.15, 0.2) is 0 Å². The summed E-state index contributed by atoms with van der Waals surface area (Å²) in [5, 5.41) is 0. The van der Waals surface area contributed by atoms with Gasteiger partial charge in [-0.3, -0.25) is 4.90 Å². The molecule has 1 aromatic heterocycles. The second-order valence-corrected chi connectivity index (χ2v) is 6.22. The van der Waals surface area contributed by atoms with E-state index in [2.05, 4.69) is 57.0 Å². The summed E-state index contributed by atoms with van der Waals surface area (Å²) < 4.78 is 0. The van der Waals surface area contributed by atoms with E-state index in [-0.39, 0.29) is 0 Å². The van der Waals surface area contributed by atoms with Gasteiger partial charge in [0.25, 0.3) is 0 Å². The molecule has 0 amide bonds. The van der Waals surface area contributed by atoms with Gasteiger partial charge < -0.3 is 9.80 Å². The Labute approximate surface area is 138 Å². The number of anilines is 2. The maximum atomic E-state index is 4.65. The van der Waals surface area contributed by atoms with E-state index in [1.54, 1.807) is 0 Å². The zero-order valence-corrected chi connectivity index (χ0v) is 14.2. The van der Waals surface area contributed by atoms with Crippen LogP contribution < -0.4 is 9.80 Å². The Kier molecular flexibility index (Phi) is 4.76. The molecule has 1 atom stereocenters. The molecule has 1 aromatic carbocycles. The molecule has 0 radical (unpaired) electrons. The summed E-state index contributed by atoms with van der Waals surface area (Å²) in [6, 6.07) is 13.1. The number of hydrogen-bond acceptors (Lipinski definition) is 5. The predicted octanol–water partition coefficient (Wildman–Crippen LogP) is 2.43. The van der Waals surface area contributed by atoms with Gasteiger partial charge in [-0.2, -0.15) is 4.98 Å². The largest absolute Gasteiger partial charge is 0.363 e. The van der Waals surface area contributed by atoms with Crippen molar-refractivity contribution in [3.05, 3.63) is 48.2 Å². The van der Waals surface area contributed by atoms with E-state index in [0.717, 1.165) is 37.9 Å². The maximum Gasteiger partial charge on any atom is 0.227 e. The molecule has 0 bridgehead atoms. The summed E-state index contributed by atoms with van der Waals surface area (Å²) in [4.78, 5) is 15.9. The average Bonchev–Trinajstić information content (AvgIpc) is 2.62. The predicted molar refractivity (Wildman–Crippen MR) is 95.0 cm³/mol. The van der Waals surface area contributed by atoms with E-state index in [1.165, 1.54) is 5.56 Å². The lowest BCUT2D eigenvalue weighted by Gasteiger charge is -2.38. The first-order chi connectivity index (χ1) is 11.1. The topological polar surface area (TPSA) is 35.5 Å². The molecular weight excluding hydrogens is 286 g/mol. The van der Waals surface area contributed by atoms with Crippen LogP contribution >= 0.6 is 0 Å². The quantitative estimate of drug-likeness (QED) is 0.866. The van der Waals surface area contributed by atoms with Gasteiger partial charge in [0.1, 0.15) is 5.82 Å². The van der Waals surface area contributed by atoms with E-state index in [4.69, 9.17) is 0 Å². The van der Waals surface area contributed by atoms with Crippen molar-refractivity contribution in [3.8, 4) is 0 Å². The molecule has 0 aliphatic carbocycles. The van der Waals surface area contributed by atoms with Crippen LogP contribution in [0.25, 0.3) is 0 Å². The minimum atomic E-state index is 0.451. The number of nitrogens with zero attached hydrogens (tertiary/aromatic N) is 5. The molecule has 3 rings (SSSR count). The molecule has 5 nitrogen and oxygen atoms in total. The van der Waals surface area contributed by atoms with E-state index in [1.807, 2.05) is 31.3 Å². The zero-order chi connectivity index (χ0) is 16.2. The minimum Gasteiger partial charge on any atom is -0.363 e. The molecule has 1 unspecified atom stereocenters. The van der Waals surface area contributed by atoms with Crippen LogP contribution in [0.4, 0.5) is 11.8 Å². The van der Waals surface area contributed by atoms with Crippen molar-refractivity contribution in [1.29, 1.82) is 0 Å². The molecule has 2 heterocycles. The molecule has 1 aliphatic rings. The fraction of sp³-hybridized carbons (Fsp3) is 0.444. The first-order valence-electron chi connectivity index (χ1n) is 8.19. The van der Waals surface area contributed by atoms with Crippen LogP contribution in [0.2, 0.25) is 0 Å². The lowest BCUT2D eigenvalue weighted by Crippen LogP contribution is -2.47. The maximum absolute atomic E-state index is 4.65. The molecular formula is C18H25N5. The van der Waals surface area contributed by atoms with Crippen molar-refractivity contribution in [2.75, 3.05) is 50.1 Å². The molecule has 23 heavy (non-hydrogen) atoms. The number of aromatic nitrogens is 2. The lowest BCUT2D eigenvalue weighted by atomic mass is 10.1. The van der Waals surface area contributed by atoms with Crippen molar-refractivity contribution in [2.24, 2.45) is 0 Å². The summed E-state index contributed by atoms with van der Waals surface area (Å²) in [5.41, 5.74) is 1.38. The van der Waals surface area contributed by atoms with Crippen LogP contribution in [-0.2, 0) is 0 Å². The Morgan fingerprint density at radius 3 is 2.35 bits per heavy atom. The summed E-state index contributed by atoms with van der Waals surface area (Å²) in [6.45, 7) is 6.29. The molecule has 0 spiro atoms. The minimum absolute atomic E-state index is 0.451. The fourth-order valence-corrected chi connectivity index (χ4v) is 2.99. The van der Waals surface area contributed by atoms with E-state index in [0.29, 0.717) is 6.04 Å². The molecule has 1 fully saturated rings. The number of benzene rings is 1. The van der Waals surface area contributed by atoms with Gasteiger partial charge in [-0.05, 0) is 18.6 Å². The molecule has 2 aromatic rings. The van der Waals surface area contributed by atoms with E-state index >= 15 is 0 Å². The zero-order valence-electron chi connectivity index (χ0n) is 14.2. The van der Waals surface area contributed by atoms with E-state index in [9.17, 15) is 0 Å². The van der Waals surface area contributed by atoms with Gasteiger partial charge >= 0.3 is 0 Å². The van der Waals surface area contributed by atoms with Crippen LogP contribution in [0.15, 0.2) is 42.6 Å². The van der Waals surface area contributed by atoms with Gasteiger partial charge in [-0.25, -0.2) is 4.98 Å². The second kappa shape index (κ2) is 6.96. The Morgan fingerprint density at radius 1 is 1.00 bits per heavy atom. The van der Waals surface area contributed by atoms with Crippen LogP contribution in [0.5, 0.6) is 0 Å². The lowest BCUT2D eigenvalue weighted by molar-refractivity contribution is 0.198. The highest BCUT2D eigenvalue weighted by Gasteiger charge is 2.23. The molecule has 122 valence electrons. The third-order valence-electron chi connectivity index (χ3n) is 4.51. The van der Waals surface area contributed by atoms with Crippen LogP contribution in [0.1, 0.15) is 18.5 Å². The average molecular weight is 311 g/mol. The summed E-state index contributed by atoms with van der Waals surface area (Å²) >= 11 is 0. The van der Waals surface area contributed by atoms with Crippen LogP contribution in [-0.4, -0.2) is 55.1 Å². The molecule has 0 N–H and O–H groups in total. The molecule has 1 aliphatic heterocycles. The summed E-state index contributed by atoms with van der Waals surface area (Å²) in [5.74, 6) is 1.79. The third-order valence-corrected chi connectivity index (χ3v) is 4.51. The normalized spacial score (nSPS) is 17.1. The Bertz CT molecular complexity index is 620. The van der Waals surface area contributed by atoms with Crippen LogP contribution in [0, 0.1) is 0 Å². The van der Waals surface area contributed by atoms with Gasteiger partial charge in [0.05, 0.1) is 0 Å².